The summed E-state index contributed by atoms with van der Waals surface area (Å²) in [6.45, 7) is 0.640. The van der Waals surface area contributed by atoms with Crippen molar-refractivity contribution in [2.45, 2.75) is 6.61 Å². The van der Waals surface area contributed by atoms with Crippen LogP contribution >= 0.6 is 12.0 Å². The van der Waals surface area contributed by atoms with Gasteiger partial charge >= 0.3 is 0 Å². The average Bonchev–Trinajstić information content (AvgIpc) is 3.11. The minimum Gasteiger partial charge on any atom is -0.317 e. The Hall–Kier alpha value is -2.49. The molecule has 3 aromatic carbocycles. The van der Waals surface area contributed by atoms with Crippen molar-refractivity contribution in [2.24, 2.45) is 0 Å². The Morgan fingerprint density at radius 2 is 1.48 bits per heavy atom. The van der Waals surface area contributed by atoms with Crippen LogP contribution in [0.25, 0.3) is 27.7 Å². The molecule has 0 unspecified atom stereocenters. The zero-order valence-corrected chi connectivity index (χ0v) is 14.9. The fraction of sp³-hybridized carbons (Fsp3) is 0.0909. The SMILES string of the molecule is CSOCc1ccc(-c2ccc(-n3ccc4ccccc43)cc2)cc1. The van der Waals surface area contributed by atoms with Gasteiger partial charge in [-0.05, 0) is 58.4 Å². The molecule has 3 heteroatoms. The van der Waals surface area contributed by atoms with Gasteiger partial charge in [0.15, 0.2) is 0 Å². The highest BCUT2D eigenvalue weighted by Gasteiger charge is 2.04. The first-order valence-corrected chi connectivity index (χ1v) is 9.41. The molecule has 25 heavy (non-hydrogen) atoms. The van der Waals surface area contributed by atoms with E-state index in [1.807, 2.05) is 6.26 Å². The van der Waals surface area contributed by atoms with Gasteiger partial charge in [-0.1, -0.05) is 54.6 Å². The molecule has 0 N–H and O–H groups in total. The molecule has 1 heterocycles. The Morgan fingerprint density at radius 1 is 0.800 bits per heavy atom. The molecule has 4 rings (SSSR count). The standard InChI is InChI=1S/C22H19NOS/c1-25-24-16-17-6-8-18(9-7-17)19-10-12-21(13-11-19)23-15-14-20-4-2-3-5-22(20)23/h2-15H,16H2,1H3. The maximum Gasteiger partial charge on any atom is 0.0864 e. The maximum absolute atomic E-state index is 5.37. The van der Waals surface area contributed by atoms with Crippen LogP contribution in [-0.4, -0.2) is 10.8 Å². The van der Waals surface area contributed by atoms with Crippen molar-refractivity contribution in [3.05, 3.63) is 90.6 Å². The summed E-state index contributed by atoms with van der Waals surface area (Å²) >= 11 is 1.40. The highest BCUT2D eigenvalue weighted by molar-refractivity contribution is 7.93. The molecule has 0 saturated heterocycles. The summed E-state index contributed by atoms with van der Waals surface area (Å²) in [6, 6.07) is 27.9. The Balaban J connectivity index is 1.59. The fourth-order valence-corrected chi connectivity index (χ4v) is 3.30. The number of nitrogens with zero attached hydrogens (tertiary/aromatic N) is 1. The molecule has 124 valence electrons. The molecule has 0 amide bonds. The Labute approximate surface area is 152 Å². The van der Waals surface area contributed by atoms with Crippen molar-refractivity contribution in [3.8, 4) is 16.8 Å². The number of para-hydroxylation sites is 1. The molecule has 0 bridgehead atoms. The van der Waals surface area contributed by atoms with Crippen molar-refractivity contribution in [2.75, 3.05) is 6.26 Å². The second-order valence-corrected chi connectivity index (χ2v) is 6.49. The van der Waals surface area contributed by atoms with Gasteiger partial charge in [-0.25, -0.2) is 0 Å². The molecule has 0 fully saturated rings. The molecule has 0 aliphatic heterocycles. The fourth-order valence-electron chi connectivity index (χ4n) is 3.04. The molecule has 0 atom stereocenters. The predicted octanol–water partition coefficient (Wildman–Crippen LogP) is 6.09. The van der Waals surface area contributed by atoms with Crippen molar-refractivity contribution in [3.63, 3.8) is 0 Å². The molecular weight excluding hydrogens is 326 g/mol. The topological polar surface area (TPSA) is 14.2 Å². The van der Waals surface area contributed by atoms with Crippen LogP contribution in [0.5, 0.6) is 0 Å². The molecule has 2 nitrogen and oxygen atoms in total. The summed E-state index contributed by atoms with van der Waals surface area (Å²) in [7, 11) is 0. The Kier molecular flexibility index (Phi) is 4.59. The van der Waals surface area contributed by atoms with E-state index >= 15 is 0 Å². The molecule has 1 aromatic heterocycles. The molecule has 0 aliphatic rings. The highest BCUT2D eigenvalue weighted by atomic mass is 32.2. The summed E-state index contributed by atoms with van der Waals surface area (Å²) in [5.41, 5.74) is 6.03. The van der Waals surface area contributed by atoms with Gasteiger partial charge in [0.1, 0.15) is 0 Å². The van der Waals surface area contributed by atoms with Gasteiger partial charge in [-0.15, -0.1) is 0 Å². The van der Waals surface area contributed by atoms with Gasteiger partial charge in [-0.3, -0.25) is 0 Å². The number of benzene rings is 3. The van der Waals surface area contributed by atoms with E-state index in [9.17, 15) is 0 Å². The van der Waals surface area contributed by atoms with E-state index in [0.29, 0.717) is 6.61 Å². The molecule has 0 spiro atoms. The van der Waals surface area contributed by atoms with Crippen molar-refractivity contribution in [1.29, 1.82) is 0 Å². The van der Waals surface area contributed by atoms with E-state index in [2.05, 4.69) is 89.6 Å². The summed E-state index contributed by atoms with van der Waals surface area (Å²) in [5.74, 6) is 0. The number of hydrogen-bond donors (Lipinski definition) is 0. The number of hydrogen-bond acceptors (Lipinski definition) is 2. The van der Waals surface area contributed by atoms with E-state index in [-0.39, 0.29) is 0 Å². The van der Waals surface area contributed by atoms with Crippen LogP contribution in [0.2, 0.25) is 0 Å². The summed E-state index contributed by atoms with van der Waals surface area (Å²) in [6.07, 6.45) is 4.06. The summed E-state index contributed by atoms with van der Waals surface area (Å²) in [5, 5.41) is 1.26. The minimum absolute atomic E-state index is 0.640. The van der Waals surface area contributed by atoms with Crippen molar-refractivity contribution in [1.82, 2.24) is 4.57 Å². The average molecular weight is 345 g/mol. The third kappa shape index (κ3) is 3.34. The van der Waals surface area contributed by atoms with Gasteiger partial charge in [0.25, 0.3) is 0 Å². The third-order valence-corrected chi connectivity index (χ3v) is 4.73. The van der Waals surface area contributed by atoms with Crippen molar-refractivity contribution < 1.29 is 4.18 Å². The van der Waals surface area contributed by atoms with Crippen LogP contribution in [0.1, 0.15) is 5.56 Å². The van der Waals surface area contributed by atoms with Gasteiger partial charge in [0, 0.05) is 18.1 Å². The van der Waals surface area contributed by atoms with E-state index in [0.717, 1.165) is 0 Å². The summed E-state index contributed by atoms with van der Waals surface area (Å²) in [4.78, 5) is 0. The lowest BCUT2D eigenvalue weighted by atomic mass is 10.0. The lowest BCUT2D eigenvalue weighted by molar-refractivity contribution is 0.366. The second kappa shape index (κ2) is 7.18. The van der Waals surface area contributed by atoms with E-state index in [4.69, 9.17) is 4.18 Å². The highest BCUT2D eigenvalue weighted by Crippen LogP contribution is 2.24. The zero-order valence-electron chi connectivity index (χ0n) is 14.1. The minimum atomic E-state index is 0.640. The van der Waals surface area contributed by atoms with E-state index in [1.54, 1.807) is 0 Å². The van der Waals surface area contributed by atoms with E-state index in [1.165, 1.54) is 45.3 Å². The van der Waals surface area contributed by atoms with Crippen LogP contribution < -0.4 is 0 Å². The van der Waals surface area contributed by atoms with Crippen LogP contribution in [0.3, 0.4) is 0 Å². The van der Waals surface area contributed by atoms with Gasteiger partial charge in [0.05, 0.1) is 12.1 Å². The number of aromatic nitrogens is 1. The first kappa shape index (κ1) is 16.0. The molecule has 0 aliphatic carbocycles. The van der Waals surface area contributed by atoms with E-state index < -0.39 is 0 Å². The van der Waals surface area contributed by atoms with Crippen LogP contribution in [0.4, 0.5) is 0 Å². The monoisotopic (exact) mass is 345 g/mol. The first-order chi connectivity index (χ1) is 12.3. The molecular formula is C22H19NOS. The Bertz CT molecular complexity index is 971. The van der Waals surface area contributed by atoms with Crippen molar-refractivity contribution >= 4 is 22.9 Å². The lowest BCUT2D eigenvalue weighted by Gasteiger charge is -2.08. The summed E-state index contributed by atoms with van der Waals surface area (Å²) < 4.78 is 7.60. The predicted molar refractivity (Wildman–Crippen MR) is 107 cm³/mol. The molecule has 4 aromatic rings. The Morgan fingerprint density at radius 3 is 2.20 bits per heavy atom. The third-order valence-electron chi connectivity index (χ3n) is 4.38. The van der Waals surface area contributed by atoms with Gasteiger partial charge in [-0.2, -0.15) is 0 Å². The van der Waals surface area contributed by atoms with Gasteiger partial charge < -0.3 is 8.75 Å². The quantitative estimate of drug-likeness (QED) is 0.406. The van der Waals surface area contributed by atoms with Crippen LogP contribution in [0.15, 0.2) is 85.1 Å². The first-order valence-electron chi connectivity index (χ1n) is 8.26. The normalized spacial score (nSPS) is 11.1. The molecule has 0 saturated carbocycles. The van der Waals surface area contributed by atoms with Gasteiger partial charge in [0.2, 0.25) is 0 Å². The lowest BCUT2D eigenvalue weighted by Crippen LogP contribution is -1.91. The molecule has 0 radical (unpaired) electrons. The van der Waals surface area contributed by atoms with Crippen LogP contribution in [0, 0.1) is 0 Å². The number of rotatable bonds is 5. The number of fused-ring (bicyclic) bond motifs is 1. The largest absolute Gasteiger partial charge is 0.317 e. The second-order valence-electron chi connectivity index (χ2n) is 5.92. The zero-order chi connectivity index (χ0) is 17.1. The van der Waals surface area contributed by atoms with Crippen LogP contribution in [-0.2, 0) is 10.8 Å². The smallest absolute Gasteiger partial charge is 0.0864 e. The maximum atomic E-state index is 5.37.